The zero-order chi connectivity index (χ0) is 12.5. The standard InChI is InChI=1S/C15H19NO/c1-13(8-10-16)14(2)9-11-17-12-15-6-4-3-5-7-15/h3-8,14H,9,11-12H2,1-2H3/t14-/m0/s1. The van der Waals surface area contributed by atoms with Crippen LogP contribution in [0.1, 0.15) is 25.8 Å². The summed E-state index contributed by atoms with van der Waals surface area (Å²) in [6, 6.07) is 12.2. The summed E-state index contributed by atoms with van der Waals surface area (Å²) in [4.78, 5) is 0. The summed E-state index contributed by atoms with van der Waals surface area (Å²) < 4.78 is 5.61. The molecule has 0 aliphatic heterocycles. The summed E-state index contributed by atoms with van der Waals surface area (Å²) in [6.45, 7) is 5.50. The second-order valence-electron chi connectivity index (χ2n) is 4.25. The van der Waals surface area contributed by atoms with Crippen LogP contribution in [0.3, 0.4) is 0 Å². The Morgan fingerprint density at radius 3 is 2.76 bits per heavy atom. The topological polar surface area (TPSA) is 33.0 Å². The van der Waals surface area contributed by atoms with Crippen LogP contribution in [0.15, 0.2) is 42.0 Å². The number of nitriles is 1. The van der Waals surface area contributed by atoms with Crippen LogP contribution in [-0.2, 0) is 11.3 Å². The monoisotopic (exact) mass is 229 g/mol. The van der Waals surface area contributed by atoms with E-state index in [1.807, 2.05) is 25.1 Å². The van der Waals surface area contributed by atoms with E-state index in [0.717, 1.165) is 18.6 Å². The zero-order valence-corrected chi connectivity index (χ0v) is 10.5. The number of rotatable bonds is 6. The van der Waals surface area contributed by atoms with Gasteiger partial charge in [-0.25, -0.2) is 0 Å². The van der Waals surface area contributed by atoms with E-state index in [1.54, 1.807) is 6.08 Å². The minimum absolute atomic E-state index is 0.408. The van der Waals surface area contributed by atoms with Gasteiger partial charge in [0.1, 0.15) is 0 Å². The number of hydrogen-bond donors (Lipinski definition) is 0. The molecule has 1 aromatic rings. The number of benzene rings is 1. The van der Waals surface area contributed by atoms with Crippen LogP contribution in [0.25, 0.3) is 0 Å². The van der Waals surface area contributed by atoms with Gasteiger partial charge in [0.25, 0.3) is 0 Å². The highest BCUT2D eigenvalue weighted by Gasteiger charge is 2.03. The van der Waals surface area contributed by atoms with Gasteiger partial charge in [-0.1, -0.05) is 42.8 Å². The molecule has 2 heteroatoms. The van der Waals surface area contributed by atoms with E-state index in [-0.39, 0.29) is 0 Å². The van der Waals surface area contributed by atoms with Crippen LogP contribution in [-0.4, -0.2) is 6.61 Å². The van der Waals surface area contributed by atoms with E-state index in [1.165, 1.54) is 5.56 Å². The minimum Gasteiger partial charge on any atom is -0.377 e. The van der Waals surface area contributed by atoms with Gasteiger partial charge in [0.05, 0.1) is 12.7 Å². The smallest absolute Gasteiger partial charge is 0.0911 e. The predicted molar refractivity (Wildman–Crippen MR) is 69.2 cm³/mol. The molecule has 90 valence electrons. The highest BCUT2D eigenvalue weighted by atomic mass is 16.5. The molecule has 0 unspecified atom stereocenters. The maximum absolute atomic E-state index is 8.55. The fourth-order valence-electron chi connectivity index (χ4n) is 1.50. The average molecular weight is 229 g/mol. The first kappa shape index (κ1) is 13.5. The number of allylic oxidation sites excluding steroid dienone is 2. The molecule has 1 rings (SSSR count). The second-order valence-corrected chi connectivity index (χ2v) is 4.25. The molecule has 1 atom stereocenters. The quantitative estimate of drug-likeness (QED) is 0.550. The van der Waals surface area contributed by atoms with E-state index in [9.17, 15) is 0 Å². The van der Waals surface area contributed by atoms with Crippen LogP contribution in [0.4, 0.5) is 0 Å². The first-order valence-corrected chi connectivity index (χ1v) is 5.92. The van der Waals surface area contributed by atoms with Crippen LogP contribution in [0.5, 0.6) is 0 Å². The second kappa shape index (κ2) is 7.65. The first-order valence-electron chi connectivity index (χ1n) is 5.92. The van der Waals surface area contributed by atoms with Gasteiger partial charge < -0.3 is 4.74 Å². The van der Waals surface area contributed by atoms with Crippen molar-refractivity contribution in [2.45, 2.75) is 26.9 Å². The summed E-state index contributed by atoms with van der Waals surface area (Å²) >= 11 is 0. The Morgan fingerprint density at radius 1 is 1.41 bits per heavy atom. The van der Waals surface area contributed by atoms with Crippen LogP contribution in [0, 0.1) is 17.2 Å². The Hall–Kier alpha value is -1.59. The van der Waals surface area contributed by atoms with Crippen molar-refractivity contribution in [2.75, 3.05) is 6.61 Å². The Bertz CT molecular complexity index is 389. The molecule has 0 N–H and O–H groups in total. The molecular weight excluding hydrogens is 210 g/mol. The lowest BCUT2D eigenvalue weighted by Gasteiger charge is -2.11. The molecule has 2 nitrogen and oxygen atoms in total. The Morgan fingerprint density at radius 2 is 2.12 bits per heavy atom. The lowest BCUT2D eigenvalue weighted by molar-refractivity contribution is 0.112. The highest BCUT2D eigenvalue weighted by molar-refractivity contribution is 5.14. The SMILES string of the molecule is CC(=CC#N)[C@@H](C)CCOCc1ccccc1. The molecule has 0 heterocycles. The molecule has 17 heavy (non-hydrogen) atoms. The van der Waals surface area contributed by atoms with Gasteiger partial charge in [0.2, 0.25) is 0 Å². The molecule has 0 fully saturated rings. The van der Waals surface area contributed by atoms with Crippen molar-refractivity contribution in [1.29, 1.82) is 5.26 Å². The largest absolute Gasteiger partial charge is 0.377 e. The predicted octanol–water partition coefficient (Wildman–Crippen LogP) is 3.70. The molecule has 0 radical (unpaired) electrons. The zero-order valence-electron chi connectivity index (χ0n) is 10.5. The molecule has 0 saturated carbocycles. The van der Waals surface area contributed by atoms with Crippen LogP contribution >= 0.6 is 0 Å². The number of nitrogens with zero attached hydrogens (tertiary/aromatic N) is 1. The van der Waals surface area contributed by atoms with Gasteiger partial charge in [-0.05, 0) is 24.8 Å². The maximum Gasteiger partial charge on any atom is 0.0911 e. The van der Waals surface area contributed by atoms with Crippen molar-refractivity contribution >= 4 is 0 Å². The lowest BCUT2D eigenvalue weighted by atomic mass is 9.99. The summed E-state index contributed by atoms with van der Waals surface area (Å²) in [5, 5.41) is 8.55. The van der Waals surface area contributed by atoms with E-state index in [0.29, 0.717) is 12.5 Å². The Balaban J connectivity index is 2.21. The normalized spacial score (nSPS) is 13.1. The van der Waals surface area contributed by atoms with Gasteiger partial charge >= 0.3 is 0 Å². The molecule has 0 bridgehead atoms. The number of ether oxygens (including phenoxy) is 1. The van der Waals surface area contributed by atoms with Gasteiger partial charge in [-0.15, -0.1) is 0 Å². The number of hydrogen-bond acceptors (Lipinski definition) is 2. The molecule has 1 aromatic carbocycles. The Labute approximate surface area is 104 Å². The lowest BCUT2D eigenvalue weighted by Crippen LogP contribution is -2.03. The molecule has 0 saturated heterocycles. The third-order valence-corrected chi connectivity index (χ3v) is 2.88. The van der Waals surface area contributed by atoms with Crippen molar-refractivity contribution < 1.29 is 4.74 Å². The minimum atomic E-state index is 0.408. The fourth-order valence-corrected chi connectivity index (χ4v) is 1.50. The van der Waals surface area contributed by atoms with Gasteiger partial charge in [-0.3, -0.25) is 0 Å². The Kier molecular flexibility index (Phi) is 6.06. The molecule has 0 amide bonds. The molecule has 0 aliphatic rings. The summed E-state index contributed by atoms with van der Waals surface area (Å²) in [5.74, 6) is 0.408. The van der Waals surface area contributed by atoms with Crippen molar-refractivity contribution in [3.05, 3.63) is 47.5 Å². The third-order valence-electron chi connectivity index (χ3n) is 2.88. The van der Waals surface area contributed by atoms with Gasteiger partial charge in [-0.2, -0.15) is 5.26 Å². The van der Waals surface area contributed by atoms with Crippen molar-refractivity contribution in [3.8, 4) is 6.07 Å². The molecular formula is C15H19NO. The van der Waals surface area contributed by atoms with E-state index in [4.69, 9.17) is 10.00 Å². The third kappa shape index (κ3) is 5.33. The summed E-state index contributed by atoms with van der Waals surface area (Å²) in [7, 11) is 0. The van der Waals surface area contributed by atoms with Crippen molar-refractivity contribution in [2.24, 2.45) is 5.92 Å². The highest BCUT2D eigenvalue weighted by Crippen LogP contribution is 2.13. The van der Waals surface area contributed by atoms with Gasteiger partial charge in [0, 0.05) is 12.7 Å². The fraction of sp³-hybridized carbons (Fsp3) is 0.400. The molecule has 0 aromatic heterocycles. The van der Waals surface area contributed by atoms with Crippen LogP contribution < -0.4 is 0 Å². The van der Waals surface area contributed by atoms with E-state index < -0.39 is 0 Å². The van der Waals surface area contributed by atoms with Crippen molar-refractivity contribution in [3.63, 3.8) is 0 Å². The summed E-state index contributed by atoms with van der Waals surface area (Å²) in [5.41, 5.74) is 2.32. The van der Waals surface area contributed by atoms with Crippen LogP contribution in [0.2, 0.25) is 0 Å². The van der Waals surface area contributed by atoms with Crippen molar-refractivity contribution in [1.82, 2.24) is 0 Å². The average Bonchev–Trinajstić information content (AvgIpc) is 2.36. The maximum atomic E-state index is 8.55. The molecule has 0 spiro atoms. The van der Waals surface area contributed by atoms with E-state index >= 15 is 0 Å². The summed E-state index contributed by atoms with van der Waals surface area (Å²) in [6.07, 6.45) is 2.57. The first-order chi connectivity index (χ1) is 8.24. The van der Waals surface area contributed by atoms with Gasteiger partial charge in [0.15, 0.2) is 0 Å². The molecule has 0 aliphatic carbocycles. The van der Waals surface area contributed by atoms with E-state index in [2.05, 4.69) is 25.1 Å².